The molecule has 0 spiro atoms. The lowest BCUT2D eigenvalue weighted by atomic mass is 9.97. The summed E-state index contributed by atoms with van der Waals surface area (Å²) in [6.07, 6.45) is -26.3. The van der Waals surface area contributed by atoms with Gasteiger partial charge in [-0.1, -0.05) is 0 Å². The van der Waals surface area contributed by atoms with Crippen LogP contribution in [0, 0.1) is 0 Å². The third-order valence-electron chi connectivity index (χ3n) is 9.61. The first-order valence-corrected chi connectivity index (χ1v) is 16.9. The number of ether oxygens (including phenoxy) is 7. The van der Waals surface area contributed by atoms with Crippen molar-refractivity contribution in [2.45, 2.75) is 99.0 Å². The predicted octanol–water partition coefficient (Wildman–Crippen LogP) is -3.56. The molecule has 21 nitrogen and oxygen atoms in total. The van der Waals surface area contributed by atoms with Crippen molar-refractivity contribution in [3.63, 3.8) is 0 Å². The highest BCUT2D eigenvalue weighted by molar-refractivity contribution is 5.88. The fraction of sp³-hybridized carbons (Fsp3) is 0.559. The smallest absolute Gasteiger partial charge is 0.239 e. The second kappa shape index (κ2) is 16.3. The van der Waals surface area contributed by atoms with Crippen LogP contribution in [-0.2, 0) is 23.7 Å². The number of fused-ring (bicyclic) bond motifs is 1. The van der Waals surface area contributed by atoms with E-state index in [1.807, 2.05) is 0 Å². The molecule has 3 aliphatic heterocycles. The van der Waals surface area contributed by atoms with Crippen LogP contribution in [0.1, 0.15) is 6.92 Å². The number of aromatic hydroxyl groups is 3. The predicted molar refractivity (Wildman–Crippen MR) is 178 cm³/mol. The monoisotopic (exact) mass is 786 g/mol. The number of rotatable bonds is 10. The molecule has 15 atom stereocenters. The number of hydrogen-bond donors (Lipinski definition) is 12. The van der Waals surface area contributed by atoms with Crippen LogP contribution in [0.4, 0.5) is 0 Å². The van der Waals surface area contributed by atoms with Crippen LogP contribution in [0.25, 0.3) is 22.3 Å². The largest absolute Gasteiger partial charge is 0.508 e. The Hall–Kier alpha value is -3.91. The molecule has 0 saturated carbocycles. The highest BCUT2D eigenvalue weighted by atomic mass is 16.8. The number of hydrogen-bond acceptors (Lipinski definition) is 21. The standard InChI is InChI=1S/C34H42O21/c1-10-20(39)24(43)28(47)33(50-10)55-31-26(45)22(41)18(9-49-32-27(46)25(44)21(40)17(8-35)52-32)53-34(31)54-30-23(42)19-14(38)6-12(36)7-16(19)51-29(30)11-3-4-13(37)15(5-11)48-2/h3-7,10,17-18,20-22,24-28,31-41,43-47H,8-9H2,1-2H3/t10-,17-,18+,20-,21-,22-,24+,25-,26-,27+,28-,31+,32+,33-,34-/m0/s1. The van der Waals surface area contributed by atoms with E-state index in [-0.39, 0.29) is 22.6 Å². The maximum Gasteiger partial charge on any atom is 0.239 e. The molecule has 55 heavy (non-hydrogen) atoms. The van der Waals surface area contributed by atoms with Crippen LogP contribution in [0.5, 0.6) is 28.7 Å². The Labute approximate surface area is 309 Å². The second-order valence-corrected chi connectivity index (χ2v) is 13.3. The molecule has 12 N–H and O–H groups in total. The van der Waals surface area contributed by atoms with Crippen molar-refractivity contribution in [2.24, 2.45) is 0 Å². The quantitative estimate of drug-likeness (QED) is 0.0946. The summed E-state index contributed by atoms with van der Waals surface area (Å²) in [5.74, 6) is -2.73. The average Bonchev–Trinajstić information content (AvgIpc) is 3.15. The van der Waals surface area contributed by atoms with Crippen LogP contribution in [-0.4, -0.2) is 174 Å². The minimum atomic E-state index is -2.06. The number of aliphatic hydroxyl groups is 9. The lowest BCUT2D eigenvalue weighted by Crippen LogP contribution is -2.65. The van der Waals surface area contributed by atoms with Crippen LogP contribution >= 0.6 is 0 Å². The Bertz CT molecular complexity index is 1870. The van der Waals surface area contributed by atoms with Gasteiger partial charge in [0.2, 0.25) is 17.5 Å². The first-order chi connectivity index (χ1) is 26.1. The molecule has 3 aromatic rings. The maximum absolute atomic E-state index is 14.2. The van der Waals surface area contributed by atoms with Crippen molar-refractivity contribution in [3.05, 3.63) is 40.6 Å². The van der Waals surface area contributed by atoms with Gasteiger partial charge < -0.3 is 98.9 Å². The third-order valence-corrected chi connectivity index (χ3v) is 9.61. The molecular formula is C34H42O21. The van der Waals surface area contributed by atoms with Gasteiger partial charge >= 0.3 is 0 Å². The van der Waals surface area contributed by atoms with Gasteiger partial charge in [0.05, 0.1) is 26.4 Å². The van der Waals surface area contributed by atoms with Gasteiger partial charge in [0.15, 0.2) is 35.9 Å². The molecule has 3 aliphatic rings. The zero-order valence-electron chi connectivity index (χ0n) is 29.0. The Morgan fingerprint density at radius 3 is 2.05 bits per heavy atom. The van der Waals surface area contributed by atoms with Gasteiger partial charge in [0.1, 0.15) is 83.5 Å². The lowest BCUT2D eigenvalue weighted by Gasteiger charge is -2.46. The molecule has 304 valence electrons. The molecule has 4 heterocycles. The van der Waals surface area contributed by atoms with Crippen molar-refractivity contribution in [1.82, 2.24) is 0 Å². The van der Waals surface area contributed by atoms with Crippen molar-refractivity contribution >= 4 is 11.0 Å². The van der Waals surface area contributed by atoms with Gasteiger partial charge in [0, 0.05) is 17.7 Å². The molecule has 3 fully saturated rings. The Morgan fingerprint density at radius 1 is 0.709 bits per heavy atom. The summed E-state index contributed by atoms with van der Waals surface area (Å²) in [5, 5.41) is 125. The summed E-state index contributed by atoms with van der Waals surface area (Å²) in [5.41, 5.74) is -1.37. The van der Waals surface area contributed by atoms with E-state index in [1.54, 1.807) is 0 Å². The first kappa shape index (κ1) is 40.7. The van der Waals surface area contributed by atoms with E-state index >= 15 is 0 Å². The van der Waals surface area contributed by atoms with E-state index in [0.29, 0.717) is 0 Å². The molecule has 6 rings (SSSR count). The molecule has 3 saturated heterocycles. The van der Waals surface area contributed by atoms with Gasteiger partial charge in [-0.05, 0) is 25.1 Å². The number of aliphatic hydroxyl groups excluding tert-OH is 9. The summed E-state index contributed by atoms with van der Waals surface area (Å²) in [7, 11) is 1.25. The molecule has 2 aromatic carbocycles. The zero-order chi connectivity index (χ0) is 40.0. The zero-order valence-corrected chi connectivity index (χ0v) is 29.0. The molecule has 0 bridgehead atoms. The fourth-order valence-corrected chi connectivity index (χ4v) is 6.46. The molecule has 1 aromatic heterocycles. The van der Waals surface area contributed by atoms with Crippen molar-refractivity contribution in [1.29, 1.82) is 0 Å². The van der Waals surface area contributed by atoms with Crippen LogP contribution in [0.2, 0.25) is 0 Å². The van der Waals surface area contributed by atoms with E-state index in [4.69, 9.17) is 37.6 Å². The average molecular weight is 787 g/mol. The summed E-state index contributed by atoms with van der Waals surface area (Å²) >= 11 is 0. The summed E-state index contributed by atoms with van der Waals surface area (Å²) in [6, 6.07) is 5.62. The normalized spacial score (nSPS) is 36.8. The highest BCUT2D eigenvalue weighted by Crippen LogP contribution is 2.40. The van der Waals surface area contributed by atoms with Gasteiger partial charge in [-0.2, -0.15) is 0 Å². The van der Waals surface area contributed by atoms with E-state index < -0.39 is 139 Å². The Kier molecular flexibility index (Phi) is 12.1. The molecule has 0 unspecified atom stereocenters. The number of phenolic OH excluding ortho intramolecular Hbond substituents is 3. The molecule has 21 heteroatoms. The summed E-state index contributed by atoms with van der Waals surface area (Å²) in [4.78, 5) is 14.2. The fourth-order valence-electron chi connectivity index (χ4n) is 6.46. The molecule has 0 amide bonds. The van der Waals surface area contributed by atoms with Crippen molar-refractivity contribution < 1.29 is 98.9 Å². The SMILES string of the molecule is COc1cc(-c2oc3cc(O)cc(O)c3c(=O)c2O[C@@H]2O[C@H](CO[C@@H]3O[C@@H](CO)[C@H](O)[C@H](O)[C@H]3O)[C@H](O)[C@H](O)[C@H]2O[C@@H]2O[C@@H](C)[C@H](O)[C@@H](O)[C@@H]2O)ccc1O. The summed E-state index contributed by atoms with van der Waals surface area (Å²) < 4.78 is 45.4. The van der Waals surface area contributed by atoms with Gasteiger partial charge in [-0.3, -0.25) is 4.79 Å². The minimum absolute atomic E-state index is 0.0276. The Morgan fingerprint density at radius 2 is 1.36 bits per heavy atom. The maximum atomic E-state index is 14.2. The van der Waals surface area contributed by atoms with Crippen molar-refractivity contribution in [2.75, 3.05) is 20.3 Å². The highest BCUT2D eigenvalue weighted by Gasteiger charge is 2.52. The van der Waals surface area contributed by atoms with E-state index in [0.717, 1.165) is 12.1 Å². The summed E-state index contributed by atoms with van der Waals surface area (Å²) in [6.45, 7) is -0.187. The molecule has 0 radical (unpaired) electrons. The molecular weight excluding hydrogens is 744 g/mol. The van der Waals surface area contributed by atoms with Crippen molar-refractivity contribution in [3.8, 4) is 40.1 Å². The van der Waals surface area contributed by atoms with Gasteiger partial charge in [-0.15, -0.1) is 0 Å². The number of phenols is 3. The van der Waals surface area contributed by atoms with Crippen LogP contribution < -0.4 is 14.9 Å². The molecule has 0 aliphatic carbocycles. The lowest BCUT2D eigenvalue weighted by molar-refractivity contribution is -0.360. The minimum Gasteiger partial charge on any atom is -0.508 e. The van der Waals surface area contributed by atoms with E-state index in [1.165, 1.54) is 32.2 Å². The van der Waals surface area contributed by atoms with Crippen LogP contribution in [0.15, 0.2) is 39.5 Å². The van der Waals surface area contributed by atoms with Crippen LogP contribution in [0.3, 0.4) is 0 Å². The third kappa shape index (κ3) is 7.77. The van der Waals surface area contributed by atoms with Gasteiger partial charge in [-0.25, -0.2) is 0 Å². The van der Waals surface area contributed by atoms with E-state index in [9.17, 15) is 66.1 Å². The number of methoxy groups -OCH3 is 1. The van der Waals surface area contributed by atoms with E-state index in [2.05, 4.69) is 0 Å². The van der Waals surface area contributed by atoms with Gasteiger partial charge in [0.25, 0.3) is 0 Å². The second-order valence-electron chi connectivity index (χ2n) is 13.3. The first-order valence-electron chi connectivity index (χ1n) is 16.9. The number of benzene rings is 2. The Balaban J connectivity index is 1.41. The topological polar surface area (TPSA) is 338 Å².